The van der Waals surface area contributed by atoms with Crippen molar-refractivity contribution >= 4 is 11.6 Å². The van der Waals surface area contributed by atoms with E-state index in [1.807, 2.05) is 0 Å². The molecular formula is C15H20F2N2O2. The summed E-state index contributed by atoms with van der Waals surface area (Å²) in [4.78, 5) is 14.0. The van der Waals surface area contributed by atoms with Crippen LogP contribution in [0, 0.1) is 11.6 Å². The van der Waals surface area contributed by atoms with Crippen molar-refractivity contribution in [2.24, 2.45) is 0 Å². The number of halogens is 2. The topological polar surface area (TPSA) is 41.6 Å². The first-order valence-electron chi connectivity index (χ1n) is 7.08. The van der Waals surface area contributed by atoms with Gasteiger partial charge in [-0.3, -0.25) is 4.79 Å². The maximum Gasteiger partial charge on any atom is 0.225 e. The lowest BCUT2D eigenvalue weighted by Gasteiger charge is -2.31. The molecule has 1 heterocycles. The van der Waals surface area contributed by atoms with Crippen LogP contribution in [-0.4, -0.2) is 43.7 Å². The number of likely N-dealkylation sites (tertiary alicyclic amines) is 1. The molecule has 2 rings (SSSR count). The largest absolute Gasteiger partial charge is 0.380 e. The van der Waals surface area contributed by atoms with Crippen molar-refractivity contribution in [3.63, 3.8) is 0 Å². The van der Waals surface area contributed by atoms with Crippen LogP contribution in [0.15, 0.2) is 18.2 Å². The van der Waals surface area contributed by atoms with Crippen molar-refractivity contribution in [2.45, 2.75) is 25.4 Å². The summed E-state index contributed by atoms with van der Waals surface area (Å²) in [6.45, 7) is 2.42. The van der Waals surface area contributed by atoms with Crippen molar-refractivity contribution in [3.8, 4) is 0 Å². The number of benzene rings is 1. The van der Waals surface area contributed by atoms with Crippen LogP contribution in [0.4, 0.5) is 14.5 Å². The molecule has 1 fully saturated rings. The average molecular weight is 298 g/mol. The molecule has 1 atom stereocenters. The van der Waals surface area contributed by atoms with Gasteiger partial charge in [-0.2, -0.15) is 0 Å². The zero-order chi connectivity index (χ0) is 15.2. The third kappa shape index (κ3) is 4.75. The molecule has 116 valence electrons. The lowest BCUT2D eigenvalue weighted by atomic mass is 10.1. The van der Waals surface area contributed by atoms with E-state index in [1.165, 1.54) is 6.07 Å². The summed E-state index contributed by atoms with van der Waals surface area (Å²) in [6.07, 6.45) is 2.65. The zero-order valence-electron chi connectivity index (χ0n) is 12.1. The van der Waals surface area contributed by atoms with Gasteiger partial charge >= 0.3 is 0 Å². The zero-order valence-corrected chi connectivity index (χ0v) is 12.1. The van der Waals surface area contributed by atoms with Crippen LogP contribution in [0.1, 0.15) is 19.3 Å². The molecule has 4 nitrogen and oxygen atoms in total. The van der Waals surface area contributed by atoms with E-state index in [9.17, 15) is 13.6 Å². The van der Waals surface area contributed by atoms with E-state index in [2.05, 4.69) is 10.2 Å². The predicted molar refractivity (Wildman–Crippen MR) is 76.1 cm³/mol. The van der Waals surface area contributed by atoms with Gasteiger partial charge in [0.25, 0.3) is 0 Å². The molecule has 1 aliphatic heterocycles. The summed E-state index contributed by atoms with van der Waals surface area (Å²) >= 11 is 0. The van der Waals surface area contributed by atoms with E-state index in [4.69, 9.17) is 4.74 Å². The number of ether oxygens (including phenoxy) is 1. The number of hydrogen-bond acceptors (Lipinski definition) is 3. The molecule has 1 aromatic carbocycles. The summed E-state index contributed by atoms with van der Waals surface area (Å²) in [6, 6.07) is 3.33. The molecule has 1 N–H and O–H groups in total. The quantitative estimate of drug-likeness (QED) is 0.907. The first-order valence-corrected chi connectivity index (χ1v) is 7.08. The van der Waals surface area contributed by atoms with Crippen LogP contribution in [-0.2, 0) is 9.53 Å². The first kappa shape index (κ1) is 15.9. The van der Waals surface area contributed by atoms with E-state index in [0.29, 0.717) is 13.0 Å². The number of anilines is 1. The van der Waals surface area contributed by atoms with E-state index in [0.717, 1.165) is 38.1 Å². The van der Waals surface area contributed by atoms with Gasteiger partial charge < -0.3 is 15.0 Å². The van der Waals surface area contributed by atoms with Gasteiger partial charge in [0.1, 0.15) is 0 Å². The SMILES string of the molecule is CO[C@@H]1CCCN(CCC(=O)Nc2ccc(F)c(F)c2)C1. The second-order valence-corrected chi connectivity index (χ2v) is 5.23. The number of carbonyl (C=O) groups excluding carboxylic acids is 1. The number of rotatable bonds is 5. The minimum Gasteiger partial charge on any atom is -0.380 e. The van der Waals surface area contributed by atoms with Gasteiger partial charge in [0.15, 0.2) is 11.6 Å². The molecule has 21 heavy (non-hydrogen) atoms. The number of carbonyl (C=O) groups is 1. The number of nitrogens with zero attached hydrogens (tertiary/aromatic N) is 1. The number of hydrogen-bond donors (Lipinski definition) is 1. The van der Waals surface area contributed by atoms with Gasteiger partial charge in [0.2, 0.25) is 5.91 Å². The number of methoxy groups -OCH3 is 1. The fraction of sp³-hybridized carbons (Fsp3) is 0.533. The molecular weight excluding hydrogens is 278 g/mol. The van der Waals surface area contributed by atoms with E-state index in [-0.39, 0.29) is 17.7 Å². The highest BCUT2D eigenvalue weighted by atomic mass is 19.2. The average Bonchev–Trinajstić information content (AvgIpc) is 2.49. The standard InChI is InChI=1S/C15H20F2N2O2/c1-21-12-3-2-7-19(10-12)8-6-15(20)18-11-4-5-13(16)14(17)9-11/h4-5,9,12H,2-3,6-8,10H2,1H3,(H,18,20)/t12-/m1/s1. The Morgan fingerprint density at radius 3 is 2.95 bits per heavy atom. The molecule has 0 aromatic heterocycles. The Morgan fingerprint density at radius 1 is 1.43 bits per heavy atom. The predicted octanol–water partition coefficient (Wildman–Crippen LogP) is 2.40. The number of piperidine rings is 1. The van der Waals surface area contributed by atoms with Gasteiger partial charge in [-0.1, -0.05) is 0 Å². The Bertz CT molecular complexity index is 497. The van der Waals surface area contributed by atoms with E-state index >= 15 is 0 Å². The van der Waals surface area contributed by atoms with E-state index in [1.54, 1.807) is 7.11 Å². The van der Waals surface area contributed by atoms with Gasteiger partial charge in [0.05, 0.1) is 6.10 Å². The van der Waals surface area contributed by atoms with Crippen molar-refractivity contribution in [1.29, 1.82) is 0 Å². The molecule has 1 aromatic rings. The highest BCUT2D eigenvalue weighted by molar-refractivity contribution is 5.90. The van der Waals surface area contributed by atoms with Crippen LogP contribution < -0.4 is 5.32 Å². The van der Waals surface area contributed by atoms with Crippen molar-refractivity contribution in [1.82, 2.24) is 4.90 Å². The minimum absolute atomic E-state index is 0.208. The summed E-state index contributed by atoms with van der Waals surface area (Å²) in [5, 5.41) is 2.57. The van der Waals surface area contributed by atoms with E-state index < -0.39 is 11.6 Å². The van der Waals surface area contributed by atoms with Crippen molar-refractivity contribution in [2.75, 3.05) is 32.1 Å². The maximum absolute atomic E-state index is 13.0. The highest BCUT2D eigenvalue weighted by Crippen LogP contribution is 2.15. The summed E-state index contributed by atoms with van der Waals surface area (Å²) in [5.41, 5.74) is 0.271. The highest BCUT2D eigenvalue weighted by Gasteiger charge is 2.19. The van der Waals surface area contributed by atoms with Crippen molar-refractivity contribution in [3.05, 3.63) is 29.8 Å². The molecule has 0 unspecified atom stereocenters. The first-order chi connectivity index (χ1) is 10.1. The molecule has 0 bridgehead atoms. The van der Waals surface area contributed by atoms with Gasteiger partial charge in [0, 0.05) is 38.4 Å². The van der Waals surface area contributed by atoms with Crippen molar-refractivity contribution < 1.29 is 18.3 Å². The van der Waals surface area contributed by atoms with Crippen LogP contribution in [0.25, 0.3) is 0 Å². The van der Waals surface area contributed by atoms with Gasteiger partial charge in [-0.05, 0) is 31.5 Å². The monoisotopic (exact) mass is 298 g/mol. The molecule has 0 radical (unpaired) electrons. The summed E-state index contributed by atoms with van der Waals surface area (Å²) in [5.74, 6) is -2.10. The molecule has 1 amide bonds. The molecule has 0 spiro atoms. The molecule has 6 heteroatoms. The second kappa shape index (κ2) is 7.47. The summed E-state index contributed by atoms with van der Waals surface area (Å²) < 4.78 is 31.2. The fourth-order valence-corrected chi connectivity index (χ4v) is 2.47. The molecule has 1 saturated heterocycles. The molecule has 0 saturated carbocycles. The fourth-order valence-electron chi connectivity index (χ4n) is 2.47. The Labute approximate surface area is 123 Å². The summed E-state index contributed by atoms with van der Waals surface area (Å²) in [7, 11) is 1.70. The Kier molecular flexibility index (Phi) is 5.64. The van der Waals surface area contributed by atoms with Gasteiger partial charge in [-0.15, -0.1) is 0 Å². The van der Waals surface area contributed by atoms with Gasteiger partial charge in [-0.25, -0.2) is 8.78 Å². The minimum atomic E-state index is -0.966. The van der Waals surface area contributed by atoms with Crippen LogP contribution >= 0.6 is 0 Å². The third-order valence-electron chi connectivity index (χ3n) is 3.65. The Balaban J connectivity index is 1.78. The van der Waals surface area contributed by atoms with Crippen LogP contribution in [0.2, 0.25) is 0 Å². The van der Waals surface area contributed by atoms with Crippen LogP contribution in [0.5, 0.6) is 0 Å². The normalized spacial score (nSPS) is 19.5. The molecule has 0 aliphatic carbocycles. The maximum atomic E-state index is 13.0. The lowest BCUT2D eigenvalue weighted by Crippen LogP contribution is -2.40. The third-order valence-corrected chi connectivity index (χ3v) is 3.65. The number of amides is 1. The Morgan fingerprint density at radius 2 is 2.24 bits per heavy atom. The molecule has 1 aliphatic rings. The second-order valence-electron chi connectivity index (χ2n) is 5.23. The lowest BCUT2D eigenvalue weighted by molar-refractivity contribution is -0.116. The van der Waals surface area contributed by atoms with Crippen LogP contribution in [0.3, 0.4) is 0 Å². The smallest absolute Gasteiger partial charge is 0.225 e. The number of nitrogens with one attached hydrogen (secondary N) is 1. The Hall–Kier alpha value is -1.53.